The molecule has 0 fully saturated rings. The summed E-state index contributed by atoms with van der Waals surface area (Å²) in [6.07, 6.45) is -0.644. The SMILES string of the molecule is CC(C)(CO)C(CNC(=O)CNC(=O)OCc1ccccc1)c1ccccc1. The molecule has 0 bridgehead atoms. The quantitative estimate of drug-likeness (QED) is 0.620. The molecule has 2 amide bonds. The first-order valence-corrected chi connectivity index (χ1v) is 9.29. The molecule has 150 valence electrons. The van der Waals surface area contributed by atoms with E-state index in [9.17, 15) is 14.7 Å². The van der Waals surface area contributed by atoms with Crippen molar-refractivity contribution >= 4 is 12.0 Å². The predicted molar refractivity (Wildman–Crippen MR) is 108 cm³/mol. The van der Waals surface area contributed by atoms with Crippen molar-refractivity contribution < 1.29 is 19.4 Å². The van der Waals surface area contributed by atoms with Crippen molar-refractivity contribution in [2.45, 2.75) is 26.4 Å². The number of benzene rings is 2. The maximum atomic E-state index is 12.1. The van der Waals surface area contributed by atoms with Crippen LogP contribution in [0.25, 0.3) is 0 Å². The van der Waals surface area contributed by atoms with Crippen LogP contribution in [0, 0.1) is 5.41 Å². The van der Waals surface area contributed by atoms with E-state index in [4.69, 9.17) is 4.74 Å². The summed E-state index contributed by atoms with van der Waals surface area (Å²) in [5.74, 6) is -0.376. The van der Waals surface area contributed by atoms with Crippen LogP contribution in [-0.4, -0.2) is 36.8 Å². The zero-order chi connectivity index (χ0) is 20.4. The van der Waals surface area contributed by atoms with Gasteiger partial charge in [0.2, 0.25) is 5.91 Å². The van der Waals surface area contributed by atoms with Gasteiger partial charge in [-0.25, -0.2) is 4.79 Å². The lowest BCUT2D eigenvalue weighted by Crippen LogP contribution is -2.41. The fourth-order valence-electron chi connectivity index (χ4n) is 2.85. The summed E-state index contributed by atoms with van der Waals surface area (Å²) in [5, 5.41) is 15.0. The molecule has 1 unspecified atom stereocenters. The molecule has 0 saturated heterocycles. The number of aliphatic hydroxyl groups excluding tert-OH is 1. The van der Waals surface area contributed by atoms with E-state index in [1.54, 1.807) is 0 Å². The van der Waals surface area contributed by atoms with Crippen LogP contribution >= 0.6 is 0 Å². The highest BCUT2D eigenvalue weighted by atomic mass is 16.5. The smallest absolute Gasteiger partial charge is 0.407 e. The predicted octanol–water partition coefficient (Wildman–Crippen LogP) is 2.83. The maximum absolute atomic E-state index is 12.1. The van der Waals surface area contributed by atoms with Gasteiger partial charge in [0.1, 0.15) is 6.61 Å². The molecule has 0 aromatic heterocycles. The van der Waals surface area contributed by atoms with Gasteiger partial charge < -0.3 is 20.5 Å². The lowest BCUT2D eigenvalue weighted by Gasteiger charge is -2.33. The number of hydrogen-bond donors (Lipinski definition) is 3. The first kappa shape index (κ1) is 21.4. The van der Waals surface area contributed by atoms with Gasteiger partial charge in [-0.3, -0.25) is 4.79 Å². The zero-order valence-electron chi connectivity index (χ0n) is 16.4. The molecule has 2 aromatic rings. The number of amides is 2. The number of nitrogens with one attached hydrogen (secondary N) is 2. The van der Waals surface area contributed by atoms with Gasteiger partial charge in [0.05, 0.1) is 6.54 Å². The largest absolute Gasteiger partial charge is 0.445 e. The van der Waals surface area contributed by atoms with Crippen LogP contribution in [-0.2, 0) is 16.1 Å². The van der Waals surface area contributed by atoms with Gasteiger partial charge in [0.25, 0.3) is 0 Å². The Morgan fingerprint density at radius 3 is 2.21 bits per heavy atom. The molecule has 2 rings (SSSR count). The van der Waals surface area contributed by atoms with Crippen molar-refractivity contribution in [2.75, 3.05) is 19.7 Å². The Balaban J connectivity index is 1.80. The Kier molecular flexibility index (Phi) is 8.02. The van der Waals surface area contributed by atoms with E-state index >= 15 is 0 Å². The van der Waals surface area contributed by atoms with Gasteiger partial charge in [-0.1, -0.05) is 74.5 Å². The number of carbonyl (C=O) groups is 2. The van der Waals surface area contributed by atoms with Crippen LogP contribution in [0.1, 0.15) is 30.9 Å². The molecule has 0 aliphatic heterocycles. The van der Waals surface area contributed by atoms with Crippen molar-refractivity contribution in [1.82, 2.24) is 10.6 Å². The Hall–Kier alpha value is -2.86. The Morgan fingerprint density at radius 2 is 1.61 bits per heavy atom. The van der Waals surface area contributed by atoms with Gasteiger partial charge in [-0.2, -0.15) is 0 Å². The normalized spacial score (nSPS) is 12.1. The van der Waals surface area contributed by atoms with E-state index in [0.717, 1.165) is 11.1 Å². The second kappa shape index (κ2) is 10.5. The van der Waals surface area contributed by atoms with Gasteiger partial charge in [0.15, 0.2) is 0 Å². The Bertz CT molecular complexity index is 748. The van der Waals surface area contributed by atoms with E-state index in [2.05, 4.69) is 10.6 Å². The van der Waals surface area contributed by atoms with E-state index in [1.807, 2.05) is 74.5 Å². The lowest BCUT2D eigenvalue weighted by atomic mass is 9.75. The molecule has 0 radical (unpaired) electrons. The van der Waals surface area contributed by atoms with Crippen LogP contribution in [0.2, 0.25) is 0 Å². The fourth-order valence-corrected chi connectivity index (χ4v) is 2.85. The summed E-state index contributed by atoms with van der Waals surface area (Å²) in [6.45, 7) is 4.24. The summed E-state index contributed by atoms with van der Waals surface area (Å²) >= 11 is 0. The van der Waals surface area contributed by atoms with Crippen LogP contribution in [0.3, 0.4) is 0 Å². The topological polar surface area (TPSA) is 87.7 Å². The molecule has 0 heterocycles. The third kappa shape index (κ3) is 6.70. The highest BCUT2D eigenvalue weighted by molar-refractivity contribution is 5.82. The minimum absolute atomic E-state index is 0.00745. The second-order valence-electron chi connectivity index (χ2n) is 7.33. The van der Waals surface area contributed by atoms with Gasteiger partial charge in [-0.05, 0) is 16.5 Å². The molecule has 0 saturated carbocycles. The number of carbonyl (C=O) groups excluding carboxylic acids is 2. The second-order valence-corrected chi connectivity index (χ2v) is 7.33. The average molecular weight is 384 g/mol. The minimum Gasteiger partial charge on any atom is -0.445 e. The molecule has 6 heteroatoms. The van der Waals surface area contributed by atoms with Crippen molar-refractivity contribution in [2.24, 2.45) is 5.41 Å². The van der Waals surface area contributed by atoms with E-state index < -0.39 is 11.5 Å². The third-order valence-electron chi connectivity index (χ3n) is 4.66. The van der Waals surface area contributed by atoms with Gasteiger partial charge in [0, 0.05) is 19.1 Å². The molecular weight excluding hydrogens is 356 g/mol. The summed E-state index contributed by atoms with van der Waals surface area (Å²) in [7, 11) is 0. The Labute approximate surface area is 165 Å². The molecular formula is C22H28N2O4. The van der Waals surface area contributed by atoms with Crippen molar-refractivity contribution in [3.8, 4) is 0 Å². The molecule has 28 heavy (non-hydrogen) atoms. The monoisotopic (exact) mass is 384 g/mol. The van der Waals surface area contributed by atoms with Crippen LogP contribution in [0.4, 0.5) is 4.79 Å². The number of rotatable bonds is 9. The van der Waals surface area contributed by atoms with E-state index in [1.165, 1.54) is 0 Å². The lowest BCUT2D eigenvalue weighted by molar-refractivity contribution is -0.120. The summed E-state index contributed by atoms with van der Waals surface area (Å²) in [6, 6.07) is 19.1. The number of hydrogen-bond acceptors (Lipinski definition) is 4. The zero-order valence-corrected chi connectivity index (χ0v) is 16.4. The summed E-state index contributed by atoms with van der Waals surface area (Å²) < 4.78 is 5.08. The summed E-state index contributed by atoms with van der Waals surface area (Å²) in [4.78, 5) is 23.9. The maximum Gasteiger partial charge on any atom is 0.407 e. The number of aliphatic hydroxyl groups is 1. The van der Waals surface area contributed by atoms with Crippen LogP contribution in [0.5, 0.6) is 0 Å². The molecule has 0 aliphatic rings. The molecule has 2 aromatic carbocycles. The Morgan fingerprint density at radius 1 is 1.00 bits per heavy atom. The van der Waals surface area contributed by atoms with E-state index in [-0.39, 0.29) is 31.6 Å². The first-order valence-electron chi connectivity index (χ1n) is 9.29. The third-order valence-corrected chi connectivity index (χ3v) is 4.66. The molecule has 0 aliphatic carbocycles. The first-order chi connectivity index (χ1) is 13.4. The van der Waals surface area contributed by atoms with Crippen molar-refractivity contribution in [3.63, 3.8) is 0 Å². The van der Waals surface area contributed by atoms with Gasteiger partial charge >= 0.3 is 6.09 Å². The highest BCUT2D eigenvalue weighted by Gasteiger charge is 2.30. The van der Waals surface area contributed by atoms with Crippen molar-refractivity contribution in [1.29, 1.82) is 0 Å². The van der Waals surface area contributed by atoms with E-state index in [0.29, 0.717) is 6.54 Å². The fraction of sp³-hybridized carbons (Fsp3) is 0.364. The minimum atomic E-state index is -0.644. The molecule has 0 spiro atoms. The van der Waals surface area contributed by atoms with Crippen LogP contribution in [0.15, 0.2) is 60.7 Å². The van der Waals surface area contributed by atoms with Gasteiger partial charge in [-0.15, -0.1) is 0 Å². The number of ether oxygens (including phenoxy) is 1. The van der Waals surface area contributed by atoms with Crippen LogP contribution < -0.4 is 10.6 Å². The van der Waals surface area contributed by atoms with Crippen molar-refractivity contribution in [3.05, 3.63) is 71.8 Å². The molecule has 6 nitrogen and oxygen atoms in total. The summed E-state index contributed by atoms with van der Waals surface area (Å²) in [5.41, 5.74) is 1.51. The average Bonchev–Trinajstić information content (AvgIpc) is 2.72. The number of alkyl carbamates (subject to hydrolysis) is 1. The standard InChI is InChI=1S/C22H28N2O4/c1-22(2,16-25)19(18-11-7-4-8-12-18)13-23-20(26)14-24-21(27)28-15-17-9-5-3-6-10-17/h3-12,19,25H,13-16H2,1-2H3,(H,23,26)(H,24,27). The molecule has 3 N–H and O–H groups in total. The molecule has 1 atom stereocenters. The highest BCUT2D eigenvalue weighted by Crippen LogP contribution is 2.34.